The van der Waals surface area contributed by atoms with Crippen LogP contribution in [-0.4, -0.2) is 0 Å². The van der Waals surface area contributed by atoms with Gasteiger partial charge in [0.15, 0.2) is 0 Å². The Morgan fingerprint density at radius 2 is 2.20 bits per heavy atom. The molecular weight excluding hydrogens is 122 g/mol. The van der Waals surface area contributed by atoms with Crippen LogP contribution in [-0.2, 0) is 0 Å². The van der Waals surface area contributed by atoms with Crippen molar-refractivity contribution in [1.82, 2.24) is 0 Å². The second-order valence-electron chi connectivity index (χ2n) is 2.20. The molecule has 54 valence electrons. The van der Waals surface area contributed by atoms with Gasteiger partial charge in [0.05, 0.1) is 6.07 Å². The molecule has 0 bridgehead atoms. The maximum absolute atomic E-state index is 8.51. The van der Waals surface area contributed by atoms with Gasteiger partial charge in [-0.15, -0.1) is 0 Å². The van der Waals surface area contributed by atoms with Crippen LogP contribution in [0.5, 0.6) is 0 Å². The minimum atomic E-state index is 0.749. The van der Waals surface area contributed by atoms with E-state index >= 15 is 0 Å². The van der Waals surface area contributed by atoms with Gasteiger partial charge < -0.3 is 0 Å². The van der Waals surface area contributed by atoms with E-state index < -0.39 is 0 Å². The summed E-state index contributed by atoms with van der Waals surface area (Å²) in [5, 5.41) is 8.51. The molecule has 0 fully saturated rings. The summed E-state index contributed by atoms with van der Waals surface area (Å²) in [6.45, 7) is 5.98. The highest BCUT2D eigenvalue weighted by atomic mass is 14.2. The molecule has 0 aromatic rings. The van der Waals surface area contributed by atoms with Crippen molar-refractivity contribution in [2.45, 2.75) is 27.2 Å². The molecule has 0 atom stereocenters. The van der Waals surface area contributed by atoms with Gasteiger partial charge in [-0.2, -0.15) is 5.26 Å². The van der Waals surface area contributed by atoms with Gasteiger partial charge in [-0.05, 0) is 26.3 Å². The summed E-state index contributed by atoms with van der Waals surface area (Å²) in [6.07, 6.45) is 4.75. The molecule has 0 aliphatic rings. The van der Waals surface area contributed by atoms with E-state index in [0.29, 0.717) is 0 Å². The van der Waals surface area contributed by atoms with E-state index in [4.69, 9.17) is 5.26 Å². The van der Waals surface area contributed by atoms with Crippen molar-refractivity contribution in [3.05, 3.63) is 23.3 Å². The number of nitrogens with zero attached hydrogens (tertiary/aromatic N) is 1. The lowest BCUT2D eigenvalue weighted by molar-refractivity contribution is 1.10. The summed E-state index contributed by atoms with van der Waals surface area (Å²) in [5.74, 6) is 0. The van der Waals surface area contributed by atoms with Gasteiger partial charge in [-0.3, -0.25) is 0 Å². The topological polar surface area (TPSA) is 23.8 Å². The van der Waals surface area contributed by atoms with E-state index in [1.54, 1.807) is 0 Å². The monoisotopic (exact) mass is 135 g/mol. The highest BCUT2D eigenvalue weighted by Crippen LogP contribution is 2.03. The van der Waals surface area contributed by atoms with Gasteiger partial charge in [0, 0.05) is 5.57 Å². The van der Waals surface area contributed by atoms with Gasteiger partial charge in [-0.25, -0.2) is 0 Å². The van der Waals surface area contributed by atoms with Crippen molar-refractivity contribution >= 4 is 0 Å². The molecule has 0 amide bonds. The first kappa shape index (κ1) is 8.97. The lowest BCUT2D eigenvalue weighted by atomic mass is 10.1. The normalized spacial score (nSPS) is 13.0. The highest BCUT2D eigenvalue weighted by molar-refractivity contribution is 5.34. The Morgan fingerprint density at radius 1 is 1.60 bits per heavy atom. The third-order valence-corrected chi connectivity index (χ3v) is 1.40. The summed E-state index contributed by atoms with van der Waals surface area (Å²) in [7, 11) is 0. The molecule has 0 radical (unpaired) electrons. The third kappa shape index (κ3) is 3.09. The standard InChI is InChI=1S/C9H13N/c1-4-8(3)6-9(5-2)7-10/h5-6H,4H2,1-3H3/b8-6+,9-5+. The van der Waals surface area contributed by atoms with Crippen molar-refractivity contribution in [3.63, 3.8) is 0 Å². The van der Waals surface area contributed by atoms with E-state index in [0.717, 1.165) is 12.0 Å². The van der Waals surface area contributed by atoms with Crippen molar-refractivity contribution in [2.75, 3.05) is 0 Å². The number of allylic oxidation sites excluding steroid dienone is 4. The zero-order valence-electron chi connectivity index (χ0n) is 6.81. The fourth-order valence-electron chi connectivity index (χ4n) is 0.548. The van der Waals surface area contributed by atoms with Crippen LogP contribution in [0.3, 0.4) is 0 Å². The largest absolute Gasteiger partial charge is 0.192 e. The molecule has 0 saturated heterocycles. The Balaban J connectivity index is 4.27. The maximum atomic E-state index is 8.51. The van der Waals surface area contributed by atoms with E-state index in [-0.39, 0.29) is 0 Å². The van der Waals surface area contributed by atoms with Crippen LogP contribution in [0.25, 0.3) is 0 Å². The van der Waals surface area contributed by atoms with Crippen LogP contribution in [0, 0.1) is 11.3 Å². The Morgan fingerprint density at radius 3 is 2.50 bits per heavy atom. The lowest BCUT2D eigenvalue weighted by Gasteiger charge is -1.91. The predicted octanol–water partition coefficient (Wildman–Crippen LogP) is 2.81. The molecule has 1 nitrogen and oxygen atoms in total. The number of hydrogen-bond donors (Lipinski definition) is 0. The van der Waals surface area contributed by atoms with Gasteiger partial charge in [0.1, 0.15) is 0 Å². The number of hydrogen-bond acceptors (Lipinski definition) is 1. The van der Waals surface area contributed by atoms with Crippen molar-refractivity contribution < 1.29 is 0 Å². The van der Waals surface area contributed by atoms with Gasteiger partial charge in [0.25, 0.3) is 0 Å². The molecule has 0 saturated carbocycles. The van der Waals surface area contributed by atoms with Gasteiger partial charge in [0.2, 0.25) is 0 Å². The SMILES string of the molecule is C/C=C(C#N)\C=C(/C)CC. The van der Waals surface area contributed by atoms with Crippen LogP contribution in [0.4, 0.5) is 0 Å². The van der Waals surface area contributed by atoms with Crippen LogP contribution < -0.4 is 0 Å². The molecule has 1 heteroatoms. The summed E-state index contributed by atoms with van der Waals surface area (Å²) in [4.78, 5) is 0. The Bertz CT molecular complexity index is 191. The Kier molecular flexibility index (Phi) is 4.32. The molecule has 0 heterocycles. The molecule has 0 rings (SSSR count). The van der Waals surface area contributed by atoms with Gasteiger partial charge >= 0.3 is 0 Å². The number of rotatable bonds is 2. The van der Waals surface area contributed by atoms with E-state index in [9.17, 15) is 0 Å². The molecule has 0 aromatic carbocycles. The second-order valence-corrected chi connectivity index (χ2v) is 2.20. The van der Waals surface area contributed by atoms with E-state index in [2.05, 4.69) is 13.0 Å². The molecule has 0 aliphatic carbocycles. The summed E-state index contributed by atoms with van der Waals surface area (Å²) in [6, 6.07) is 2.10. The minimum absolute atomic E-state index is 0.749. The average Bonchev–Trinajstić information content (AvgIpc) is 1.99. The molecule has 0 unspecified atom stereocenters. The van der Waals surface area contributed by atoms with Gasteiger partial charge in [-0.1, -0.05) is 18.6 Å². The second kappa shape index (κ2) is 4.81. The predicted molar refractivity (Wildman–Crippen MR) is 43.4 cm³/mol. The minimum Gasteiger partial charge on any atom is -0.192 e. The molecule has 0 spiro atoms. The quantitative estimate of drug-likeness (QED) is 0.422. The summed E-state index contributed by atoms with van der Waals surface area (Å²) >= 11 is 0. The van der Waals surface area contributed by atoms with Crippen molar-refractivity contribution in [1.29, 1.82) is 5.26 Å². The molecule has 0 aromatic heterocycles. The Labute approximate surface area is 62.7 Å². The maximum Gasteiger partial charge on any atom is 0.0988 e. The lowest BCUT2D eigenvalue weighted by Crippen LogP contribution is -1.75. The van der Waals surface area contributed by atoms with E-state index in [1.165, 1.54) is 5.57 Å². The fraction of sp³-hybridized carbons (Fsp3) is 0.444. The molecular formula is C9H13N. The fourth-order valence-corrected chi connectivity index (χ4v) is 0.548. The van der Waals surface area contributed by atoms with Crippen LogP contribution in [0.1, 0.15) is 27.2 Å². The zero-order valence-corrected chi connectivity index (χ0v) is 6.81. The Hall–Kier alpha value is -1.03. The zero-order chi connectivity index (χ0) is 7.98. The first-order valence-electron chi connectivity index (χ1n) is 3.48. The smallest absolute Gasteiger partial charge is 0.0988 e. The summed E-state index contributed by atoms with van der Waals surface area (Å²) in [5.41, 5.74) is 1.99. The van der Waals surface area contributed by atoms with Crippen LogP contribution >= 0.6 is 0 Å². The first-order chi connectivity index (χ1) is 4.74. The number of nitriles is 1. The third-order valence-electron chi connectivity index (χ3n) is 1.40. The molecule has 0 aliphatic heterocycles. The highest BCUT2D eigenvalue weighted by Gasteiger charge is 1.87. The molecule has 10 heavy (non-hydrogen) atoms. The average molecular weight is 135 g/mol. The van der Waals surface area contributed by atoms with Crippen LogP contribution in [0.15, 0.2) is 23.3 Å². The van der Waals surface area contributed by atoms with E-state index in [1.807, 2.05) is 26.0 Å². The van der Waals surface area contributed by atoms with Crippen molar-refractivity contribution in [3.8, 4) is 6.07 Å². The molecule has 0 N–H and O–H groups in total. The summed E-state index contributed by atoms with van der Waals surface area (Å²) < 4.78 is 0. The first-order valence-corrected chi connectivity index (χ1v) is 3.48. The van der Waals surface area contributed by atoms with Crippen LogP contribution in [0.2, 0.25) is 0 Å². The van der Waals surface area contributed by atoms with Crippen molar-refractivity contribution in [2.24, 2.45) is 0 Å².